The third-order valence-electron chi connectivity index (χ3n) is 5.32. The number of hydrogen-bond donors (Lipinski definition) is 1. The van der Waals surface area contributed by atoms with E-state index in [4.69, 9.17) is 28.2 Å². The Labute approximate surface area is 212 Å². The summed E-state index contributed by atoms with van der Waals surface area (Å²) in [5, 5.41) is 0.590. The molecule has 0 atom stereocenters. The first-order valence-electron chi connectivity index (χ1n) is 10.2. The van der Waals surface area contributed by atoms with Gasteiger partial charge in [-0.2, -0.15) is 0 Å². The SMILES string of the molecule is Cc1c(N(C=S)C(=O)/C(S)=C\c2ccc(-c3cccc(Cl)c3)o2)c(=O)n(-c2ccccc2)n1C. The summed E-state index contributed by atoms with van der Waals surface area (Å²) in [5.41, 5.74) is 2.98. The molecule has 4 rings (SSSR count). The van der Waals surface area contributed by atoms with Crippen LogP contribution in [0.15, 0.2) is 80.8 Å². The lowest BCUT2D eigenvalue weighted by Crippen LogP contribution is -2.33. The topological polar surface area (TPSA) is 60.4 Å². The lowest BCUT2D eigenvalue weighted by Gasteiger charge is -2.15. The second kappa shape index (κ2) is 9.89. The lowest BCUT2D eigenvalue weighted by molar-refractivity contribution is -0.113. The van der Waals surface area contributed by atoms with Gasteiger partial charge in [-0.15, -0.1) is 12.6 Å². The number of carbonyl (C=O) groups excluding carboxylic acids is 1. The molecule has 1 amide bonds. The molecule has 0 saturated heterocycles. The molecule has 4 aromatic rings. The van der Waals surface area contributed by atoms with Crippen LogP contribution in [0.3, 0.4) is 0 Å². The van der Waals surface area contributed by atoms with E-state index in [9.17, 15) is 9.59 Å². The average molecular weight is 510 g/mol. The zero-order chi connectivity index (χ0) is 24.4. The van der Waals surface area contributed by atoms with Crippen molar-refractivity contribution < 1.29 is 9.21 Å². The van der Waals surface area contributed by atoms with Gasteiger partial charge in [0.1, 0.15) is 17.2 Å². The van der Waals surface area contributed by atoms with Gasteiger partial charge in [0.2, 0.25) is 0 Å². The van der Waals surface area contributed by atoms with Crippen LogP contribution in [0.5, 0.6) is 0 Å². The maximum atomic E-state index is 13.3. The predicted octanol–water partition coefficient (Wildman–Crippen LogP) is 5.66. The summed E-state index contributed by atoms with van der Waals surface area (Å²) >= 11 is 15.5. The van der Waals surface area contributed by atoms with Crippen molar-refractivity contribution in [1.82, 2.24) is 9.36 Å². The van der Waals surface area contributed by atoms with Crippen LogP contribution in [0.25, 0.3) is 23.1 Å². The van der Waals surface area contributed by atoms with Crippen LogP contribution in [0.1, 0.15) is 11.5 Å². The molecule has 34 heavy (non-hydrogen) atoms. The molecule has 0 aliphatic rings. The molecule has 0 saturated carbocycles. The molecule has 0 N–H and O–H groups in total. The molecule has 0 aliphatic heterocycles. The maximum absolute atomic E-state index is 13.3. The van der Waals surface area contributed by atoms with Crippen LogP contribution in [-0.2, 0) is 11.8 Å². The predicted molar refractivity (Wildman–Crippen MR) is 143 cm³/mol. The van der Waals surface area contributed by atoms with Gasteiger partial charge < -0.3 is 4.42 Å². The van der Waals surface area contributed by atoms with Crippen molar-refractivity contribution in [3.63, 3.8) is 0 Å². The van der Waals surface area contributed by atoms with Crippen molar-refractivity contribution in [1.29, 1.82) is 0 Å². The summed E-state index contributed by atoms with van der Waals surface area (Å²) in [6.45, 7) is 1.75. The van der Waals surface area contributed by atoms with Crippen LogP contribution in [-0.4, -0.2) is 20.8 Å². The fourth-order valence-electron chi connectivity index (χ4n) is 3.58. The van der Waals surface area contributed by atoms with E-state index in [1.165, 1.54) is 10.8 Å². The average Bonchev–Trinajstić information content (AvgIpc) is 3.38. The van der Waals surface area contributed by atoms with Gasteiger partial charge in [0, 0.05) is 17.6 Å². The van der Waals surface area contributed by atoms with Crippen LogP contribution in [0, 0.1) is 6.92 Å². The monoisotopic (exact) mass is 509 g/mol. The highest BCUT2D eigenvalue weighted by Gasteiger charge is 2.26. The Balaban J connectivity index is 1.67. The van der Waals surface area contributed by atoms with Gasteiger partial charge in [0.25, 0.3) is 11.5 Å². The maximum Gasteiger partial charge on any atom is 0.296 e. The Bertz CT molecular complexity index is 1470. The second-order valence-corrected chi connectivity index (χ2v) is 8.56. The van der Waals surface area contributed by atoms with Gasteiger partial charge >= 0.3 is 0 Å². The van der Waals surface area contributed by atoms with Crippen LogP contribution in [0.4, 0.5) is 5.69 Å². The molecular weight excluding hydrogens is 490 g/mol. The normalized spacial score (nSPS) is 11.5. The third-order valence-corrected chi connectivity index (χ3v) is 6.09. The smallest absolute Gasteiger partial charge is 0.296 e. The Morgan fingerprint density at radius 1 is 1.12 bits per heavy atom. The van der Waals surface area contributed by atoms with Crippen molar-refractivity contribution in [2.75, 3.05) is 4.90 Å². The quantitative estimate of drug-likeness (QED) is 0.207. The zero-order valence-electron chi connectivity index (χ0n) is 18.3. The van der Waals surface area contributed by atoms with Gasteiger partial charge in [-0.25, -0.2) is 4.68 Å². The molecule has 6 nitrogen and oxygen atoms in total. The number of hydrogen-bond acceptors (Lipinski definition) is 5. The number of amides is 1. The molecule has 0 aliphatic carbocycles. The van der Waals surface area contributed by atoms with Crippen LogP contribution in [0.2, 0.25) is 5.02 Å². The van der Waals surface area contributed by atoms with E-state index in [0.717, 1.165) is 16.0 Å². The molecule has 0 spiro atoms. The van der Waals surface area contributed by atoms with Gasteiger partial charge in [-0.05, 0) is 49.4 Å². The van der Waals surface area contributed by atoms with E-state index in [-0.39, 0.29) is 16.2 Å². The van der Waals surface area contributed by atoms with E-state index in [1.54, 1.807) is 42.9 Å². The molecule has 2 heterocycles. The minimum atomic E-state index is -0.551. The summed E-state index contributed by atoms with van der Waals surface area (Å²) < 4.78 is 8.99. The second-order valence-electron chi connectivity index (χ2n) is 7.43. The van der Waals surface area contributed by atoms with Gasteiger partial charge in [-0.3, -0.25) is 19.2 Å². The standard InChI is InChI=1S/C25H20ClN3O3S2/c1-16-23(25(31)29(27(16)2)19-9-4-3-5-10-19)28(15-33)24(30)22(34)14-20-11-12-21(32-20)17-7-6-8-18(26)13-17/h3-15,34H,1-2H3/b22-14+. The number of para-hydroxylation sites is 1. The summed E-state index contributed by atoms with van der Waals surface area (Å²) in [7, 11) is 1.75. The van der Waals surface area contributed by atoms with Crippen LogP contribution >= 0.6 is 36.4 Å². The number of aromatic nitrogens is 2. The number of nitrogens with zero attached hydrogens (tertiary/aromatic N) is 3. The molecule has 2 aromatic heterocycles. The minimum absolute atomic E-state index is 0.0574. The van der Waals surface area contributed by atoms with E-state index < -0.39 is 5.91 Å². The fourth-order valence-corrected chi connectivity index (χ4v) is 4.21. The summed E-state index contributed by atoms with van der Waals surface area (Å²) in [4.78, 5) is 27.7. The first kappa shape index (κ1) is 23.8. The summed E-state index contributed by atoms with van der Waals surface area (Å²) in [5.74, 6) is 0.466. The van der Waals surface area contributed by atoms with Gasteiger partial charge in [0.05, 0.1) is 21.8 Å². The van der Waals surface area contributed by atoms with Crippen molar-refractivity contribution in [3.05, 3.63) is 98.5 Å². The Morgan fingerprint density at radius 2 is 1.85 bits per heavy atom. The lowest BCUT2D eigenvalue weighted by atomic mass is 10.2. The summed E-state index contributed by atoms with van der Waals surface area (Å²) in [6.07, 6.45) is 1.49. The number of carbonyl (C=O) groups is 1. The molecule has 172 valence electrons. The largest absolute Gasteiger partial charge is 0.457 e. The molecule has 0 unspecified atom stereocenters. The highest BCUT2D eigenvalue weighted by Crippen LogP contribution is 2.27. The number of furan rings is 1. The molecular formula is C25H20ClN3O3S2. The van der Waals surface area contributed by atoms with E-state index in [2.05, 4.69) is 12.6 Å². The van der Waals surface area contributed by atoms with Crippen molar-refractivity contribution in [2.45, 2.75) is 6.92 Å². The highest BCUT2D eigenvalue weighted by molar-refractivity contribution is 7.86. The van der Waals surface area contributed by atoms with Crippen molar-refractivity contribution >= 4 is 59.6 Å². The number of thiol groups is 1. The highest BCUT2D eigenvalue weighted by atomic mass is 35.5. The first-order chi connectivity index (χ1) is 16.3. The molecule has 9 heteroatoms. The van der Waals surface area contributed by atoms with Gasteiger partial charge in [0.15, 0.2) is 0 Å². The number of halogens is 1. The Morgan fingerprint density at radius 3 is 2.53 bits per heavy atom. The number of benzene rings is 2. The van der Waals surface area contributed by atoms with Crippen molar-refractivity contribution in [3.8, 4) is 17.0 Å². The molecule has 2 aromatic carbocycles. The molecule has 0 radical (unpaired) electrons. The number of rotatable bonds is 6. The van der Waals surface area contributed by atoms with Crippen molar-refractivity contribution in [2.24, 2.45) is 7.05 Å². The summed E-state index contributed by atoms with van der Waals surface area (Å²) in [6, 6.07) is 19.9. The Hall–Kier alpha value is -3.33. The Kier molecular flexibility index (Phi) is 6.92. The van der Waals surface area contributed by atoms with Crippen LogP contribution < -0.4 is 10.5 Å². The third kappa shape index (κ3) is 4.52. The molecule has 0 fully saturated rings. The molecule has 0 bridgehead atoms. The van der Waals surface area contributed by atoms with E-state index in [0.29, 0.717) is 27.9 Å². The number of anilines is 1. The van der Waals surface area contributed by atoms with Gasteiger partial charge in [-0.1, -0.05) is 54.2 Å². The fraction of sp³-hybridized carbons (Fsp3) is 0.0800. The van der Waals surface area contributed by atoms with E-state index in [1.807, 2.05) is 42.5 Å². The number of thiocarbonyl (C=S) groups is 1. The van der Waals surface area contributed by atoms with E-state index >= 15 is 0 Å². The minimum Gasteiger partial charge on any atom is -0.457 e. The first-order valence-corrected chi connectivity index (χ1v) is 11.5. The zero-order valence-corrected chi connectivity index (χ0v) is 20.8.